The first-order chi connectivity index (χ1) is 4.75. The average molecular weight is 220 g/mol. The van der Waals surface area contributed by atoms with Gasteiger partial charge in [-0.25, -0.2) is 0 Å². The van der Waals surface area contributed by atoms with Crippen LogP contribution in [0.2, 0.25) is 5.02 Å². The first-order valence-electron chi connectivity index (χ1n) is 2.90. The van der Waals surface area contributed by atoms with Crippen LogP contribution in [0.5, 0.6) is 0 Å². The Labute approximate surface area is 73.6 Å². The van der Waals surface area contributed by atoms with Gasteiger partial charge in [0.2, 0.25) is 0 Å². The highest BCUT2D eigenvalue weighted by Gasteiger charge is 2.00. The summed E-state index contributed by atoms with van der Waals surface area (Å²) in [7, 11) is 0. The first kappa shape index (κ1) is 8.02. The van der Waals surface area contributed by atoms with Gasteiger partial charge in [-0.1, -0.05) is 27.5 Å². The molecular weight excluding hydrogens is 213 g/mol. The Morgan fingerprint density at radius 1 is 1.60 bits per heavy atom. The molecule has 0 bridgehead atoms. The Bertz CT molecular complexity index is 217. The van der Waals surface area contributed by atoms with Crippen LogP contribution in [0, 0.1) is 6.92 Å². The maximum atomic E-state index is 5.84. The van der Waals surface area contributed by atoms with Crippen LogP contribution in [0.1, 0.15) is 11.1 Å². The lowest BCUT2D eigenvalue weighted by Gasteiger charge is -2.01. The van der Waals surface area contributed by atoms with Crippen molar-refractivity contribution in [2.75, 3.05) is 0 Å². The molecule has 1 rings (SSSR count). The molecule has 0 aliphatic rings. The number of halogens is 2. The normalized spacial score (nSPS) is 9.90. The van der Waals surface area contributed by atoms with Crippen LogP contribution < -0.4 is 0 Å². The summed E-state index contributed by atoms with van der Waals surface area (Å²) in [6, 6.07) is 0. The van der Waals surface area contributed by atoms with Crippen LogP contribution in [-0.2, 0) is 5.33 Å². The van der Waals surface area contributed by atoms with E-state index in [1.807, 2.05) is 13.1 Å². The molecule has 10 heavy (non-hydrogen) atoms. The molecule has 0 aromatic carbocycles. The number of pyridine rings is 1. The van der Waals surface area contributed by atoms with Crippen molar-refractivity contribution in [2.45, 2.75) is 12.3 Å². The highest BCUT2D eigenvalue weighted by molar-refractivity contribution is 9.08. The highest BCUT2D eigenvalue weighted by atomic mass is 79.9. The van der Waals surface area contributed by atoms with Gasteiger partial charge in [-0.2, -0.15) is 0 Å². The summed E-state index contributed by atoms with van der Waals surface area (Å²) in [5, 5.41) is 1.53. The first-order valence-corrected chi connectivity index (χ1v) is 4.40. The zero-order valence-electron chi connectivity index (χ0n) is 5.56. The van der Waals surface area contributed by atoms with Gasteiger partial charge >= 0.3 is 0 Å². The van der Waals surface area contributed by atoms with Gasteiger partial charge < -0.3 is 0 Å². The van der Waals surface area contributed by atoms with Crippen molar-refractivity contribution in [3.63, 3.8) is 0 Å². The van der Waals surface area contributed by atoms with E-state index in [0.29, 0.717) is 0 Å². The van der Waals surface area contributed by atoms with Crippen molar-refractivity contribution in [2.24, 2.45) is 0 Å². The van der Waals surface area contributed by atoms with Gasteiger partial charge in [-0.3, -0.25) is 4.98 Å². The van der Waals surface area contributed by atoms with E-state index in [1.54, 1.807) is 6.20 Å². The summed E-state index contributed by atoms with van der Waals surface area (Å²) in [4.78, 5) is 3.94. The van der Waals surface area contributed by atoms with Gasteiger partial charge in [0, 0.05) is 17.7 Å². The molecule has 1 aromatic heterocycles. The SMILES string of the molecule is Cc1cncc(Cl)c1CBr. The molecule has 0 aliphatic carbocycles. The number of alkyl halides is 1. The van der Waals surface area contributed by atoms with Gasteiger partial charge in [-0.05, 0) is 18.1 Å². The topological polar surface area (TPSA) is 12.9 Å². The molecule has 1 aromatic rings. The predicted molar refractivity (Wildman–Crippen MR) is 46.6 cm³/mol. The van der Waals surface area contributed by atoms with Crippen molar-refractivity contribution in [3.8, 4) is 0 Å². The molecule has 0 spiro atoms. The van der Waals surface area contributed by atoms with E-state index < -0.39 is 0 Å². The second-order valence-corrected chi connectivity index (χ2v) is 3.02. The van der Waals surface area contributed by atoms with Crippen LogP contribution in [0.15, 0.2) is 12.4 Å². The summed E-state index contributed by atoms with van der Waals surface area (Å²) in [6.45, 7) is 2.00. The summed E-state index contributed by atoms with van der Waals surface area (Å²) >= 11 is 9.18. The number of hydrogen-bond donors (Lipinski definition) is 0. The molecule has 1 heterocycles. The van der Waals surface area contributed by atoms with Crippen molar-refractivity contribution < 1.29 is 0 Å². The molecule has 54 valence electrons. The van der Waals surface area contributed by atoms with E-state index in [9.17, 15) is 0 Å². The molecule has 0 saturated carbocycles. The zero-order valence-corrected chi connectivity index (χ0v) is 7.91. The van der Waals surface area contributed by atoms with E-state index in [-0.39, 0.29) is 0 Å². The van der Waals surface area contributed by atoms with Gasteiger partial charge in [0.1, 0.15) is 0 Å². The van der Waals surface area contributed by atoms with Crippen LogP contribution in [0.25, 0.3) is 0 Å². The standard InChI is InChI=1S/C7H7BrClN/c1-5-3-10-4-7(9)6(5)2-8/h3-4H,2H2,1H3. The molecule has 0 fully saturated rings. The van der Waals surface area contributed by atoms with Crippen molar-refractivity contribution in [1.82, 2.24) is 4.98 Å². The summed E-state index contributed by atoms with van der Waals surface area (Å²) in [6.07, 6.45) is 3.47. The van der Waals surface area contributed by atoms with Crippen LogP contribution in [0.3, 0.4) is 0 Å². The third kappa shape index (κ3) is 1.50. The molecule has 1 nitrogen and oxygen atoms in total. The Morgan fingerprint density at radius 2 is 2.30 bits per heavy atom. The van der Waals surface area contributed by atoms with Crippen LogP contribution in [-0.4, -0.2) is 4.98 Å². The summed E-state index contributed by atoms with van der Waals surface area (Å²) < 4.78 is 0. The van der Waals surface area contributed by atoms with Crippen LogP contribution >= 0.6 is 27.5 Å². The van der Waals surface area contributed by atoms with Gasteiger partial charge in [0.25, 0.3) is 0 Å². The largest absolute Gasteiger partial charge is 0.263 e. The zero-order chi connectivity index (χ0) is 7.56. The predicted octanol–water partition coefficient (Wildman–Crippen LogP) is 2.94. The maximum absolute atomic E-state index is 5.84. The second kappa shape index (κ2) is 3.35. The fourth-order valence-corrected chi connectivity index (χ4v) is 1.91. The fraction of sp³-hybridized carbons (Fsp3) is 0.286. The summed E-state index contributed by atoms with van der Waals surface area (Å²) in [5.41, 5.74) is 2.25. The molecule has 0 N–H and O–H groups in total. The number of aromatic nitrogens is 1. The van der Waals surface area contributed by atoms with E-state index >= 15 is 0 Å². The monoisotopic (exact) mass is 219 g/mol. The number of nitrogens with zero attached hydrogens (tertiary/aromatic N) is 1. The third-order valence-electron chi connectivity index (χ3n) is 1.35. The number of aryl methyl sites for hydroxylation is 1. The van der Waals surface area contributed by atoms with Gasteiger partial charge in [0.15, 0.2) is 0 Å². The fourth-order valence-electron chi connectivity index (χ4n) is 0.728. The van der Waals surface area contributed by atoms with E-state index in [0.717, 1.165) is 21.5 Å². The molecule has 0 unspecified atom stereocenters. The molecule has 0 aliphatic heterocycles. The van der Waals surface area contributed by atoms with Crippen LogP contribution in [0.4, 0.5) is 0 Å². The van der Waals surface area contributed by atoms with Crippen molar-refractivity contribution >= 4 is 27.5 Å². The van der Waals surface area contributed by atoms with E-state index in [4.69, 9.17) is 11.6 Å². The van der Waals surface area contributed by atoms with Crippen molar-refractivity contribution in [3.05, 3.63) is 28.5 Å². The minimum Gasteiger partial charge on any atom is -0.263 e. The maximum Gasteiger partial charge on any atom is 0.0632 e. The smallest absolute Gasteiger partial charge is 0.0632 e. The summed E-state index contributed by atoms with van der Waals surface area (Å²) in [5.74, 6) is 0. The minimum atomic E-state index is 0.733. The van der Waals surface area contributed by atoms with E-state index in [2.05, 4.69) is 20.9 Å². The molecule has 0 amide bonds. The Hall–Kier alpha value is -0.0800. The third-order valence-corrected chi connectivity index (χ3v) is 2.24. The van der Waals surface area contributed by atoms with Gasteiger partial charge in [-0.15, -0.1) is 0 Å². The molecule has 0 radical (unpaired) electrons. The highest BCUT2D eigenvalue weighted by Crippen LogP contribution is 2.19. The lowest BCUT2D eigenvalue weighted by atomic mass is 10.2. The van der Waals surface area contributed by atoms with E-state index in [1.165, 1.54) is 0 Å². The quantitative estimate of drug-likeness (QED) is 0.663. The molecular formula is C7H7BrClN. The van der Waals surface area contributed by atoms with Gasteiger partial charge in [0.05, 0.1) is 5.02 Å². The van der Waals surface area contributed by atoms with Crippen molar-refractivity contribution in [1.29, 1.82) is 0 Å². The minimum absolute atomic E-state index is 0.733. The Kier molecular flexibility index (Phi) is 2.69. The molecule has 0 saturated heterocycles. The molecule has 3 heteroatoms. The molecule has 0 atom stereocenters. The number of rotatable bonds is 1. The lowest BCUT2D eigenvalue weighted by Crippen LogP contribution is -1.86. The Morgan fingerprint density at radius 3 is 2.70 bits per heavy atom. The second-order valence-electron chi connectivity index (χ2n) is 2.05. The lowest BCUT2D eigenvalue weighted by molar-refractivity contribution is 1.21. The average Bonchev–Trinajstić information content (AvgIpc) is 1.88. The number of hydrogen-bond acceptors (Lipinski definition) is 1. The Balaban J connectivity index is 3.17.